The van der Waals surface area contributed by atoms with Crippen molar-refractivity contribution in [3.8, 4) is 5.75 Å². The summed E-state index contributed by atoms with van der Waals surface area (Å²) in [6.07, 6.45) is 7.46. The molecule has 3 fully saturated rings. The fourth-order valence-corrected chi connectivity index (χ4v) is 4.05. The van der Waals surface area contributed by atoms with Crippen LogP contribution in [0, 0.1) is 5.92 Å². The van der Waals surface area contributed by atoms with E-state index in [1.807, 2.05) is 23.2 Å². The summed E-state index contributed by atoms with van der Waals surface area (Å²) < 4.78 is 11.5. The third kappa shape index (κ3) is 4.46. The van der Waals surface area contributed by atoms with E-state index in [9.17, 15) is 4.79 Å². The van der Waals surface area contributed by atoms with E-state index in [-0.39, 0.29) is 18.2 Å². The maximum absolute atomic E-state index is 12.6. The molecule has 2 aliphatic heterocycles. The Labute approximate surface area is 161 Å². The van der Waals surface area contributed by atoms with Gasteiger partial charge in [-0.2, -0.15) is 0 Å². The zero-order valence-electron chi connectivity index (χ0n) is 16.1. The number of pyridine rings is 1. The van der Waals surface area contributed by atoms with Gasteiger partial charge in [-0.25, -0.2) is 9.78 Å². The molecule has 0 bridgehead atoms. The van der Waals surface area contributed by atoms with Crippen LogP contribution in [-0.4, -0.2) is 68.0 Å². The Morgan fingerprint density at radius 2 is 2.11 bits per heavy atom. The lowest BCUT2D eigenvalue weighted by molar-refractivity contribution is 0.147. The Hall–Kier alpha value is -2.02. The van der Waals surface area contributed by atoms with E-state index in [1.165, 1.54) is 25.7 Å². The molecule has 7 nitrogen and oxygen atoms in total. The quantitative estimate of drug-likeness (QED) is 0.793. The molecule has 7 heteroatoms. The number of hydrogen-bond acceptors (Lipinski definition) is 5. The SMILES string of the molecule is COCC(NC(=O)N1CCC(Oc2cccnc2N2CCCC2)C1)C1CC1. The van der Waals surface area contributed by atoms with Crippen molar-refractivity contribution in [1.29, 1.82) is 0 Å². The summed E-state index contributed by atoms with van der Waals surface area (Å²) in [6.45, 7) is 3.99. The molecule has 27 heavy (non-hydrogen) atoms. The van der Waals surface area contributed by atoms with Crippen LogP contribution < -0.4 is 15.0 Å². The largest absolute Gasteiger partial charge is 0.485 e. The first-order chi connectivity index (χ1) is 13.2. The molecule has 2 atom stereocenters. The number of carbonyl (C=O) groups is 1. The minimum atomic E-state index is 0.000929. The van der Waals surface area contributed by atoms with Crippen molar-refractivity contribution in [3.05, 3.63) is 18.3 Å². The highest BCUT2D eigenvalue weighted by atomic mass is 16.5. The average Bonchev–Trinajstić information content (AvgIpc) is 3.17. The highest BCUT2D eigenvalue weighted by Crippen LogP contribution is 2.33. The second-order valence-electron chi connectivity index (χ2n) is 7.84. The summed E-state index contributed by atoms with van der Waals surface area (Å²) >= 11 is 0. The van der Waals surface area contributed by atoms with Gasteiger partial charge in [-0.3, -0.25) is 0 Å². The van der Waals surface area contributed by atoms with Crippen molar-refractivity contribution in [3.63, 3.8) is 0 Å². The second kappa shape index (κ2) is 8.33. The number of anilines is 1. The van der Waals surface area contributed by atoms with Crippen LogP contribution in [0.5, 0.6) is 5.75 Å². The van der Waals surface area contributed by atoms with Gasteiger partial charge in [-0.1, -0.05) is 0 Å². The molecule has 3 heterocycles. The molecule has 1 aromatic rings. The van der Waals surface area contributed by atoms with E-state index in [2.05, 4.69) is 15.2 Å². The number of rotatable bonds is 7. The number of likely N-dealkylation sites (tertiary alicyclic amines) is 1. The Balaban J connectivity index is 1.33. The molecular weight excluding hydrogens is 344 g/mol. The summed E-state index contributed by atoms with van der Waals surface area (Å²) in [4.78, 5) is 21.3. The predicted molar refractivity (Wildman–Crippen MR) is 103 cm³/mol. The predicted octanol–water partition coefficient (Wildman–Crippen LogP) is 2.27. The molecule has 2 unspecified atom stereocenters. The standard InChI is InChI=1S/C20H30N4O3/c1-26-14-17(15-6-7-15)22-20(25)24-12-8-16(13-24)27-18-5-4-9-21-19(18)23-10-2-3-11-23/h4-5,9,15-17H,2-3,6-8,10-14H2,1H3,(H,22,25). The number of hydrogen-bond donors (Lipinski definition) is 1. The van der Waals surface area contributed by atoms with Gasteiger partial charge in [0, 0.05) is 39.4 Å². The third-order valence-corrected chi connectivity index (χ3v) is 5.73. The minimum absolute atomic E-state index is 0.000929. The van der Waals surface area contributed by atoms with Crippen LogP contribution in [0.4, 0.5) is 10.6 Å². The zero-order valence-corrected chi connectivity index (χ0v) is 16.1. The van der Waals surface area contributed by atoms with Crippen molar-refractivity contribution < 1.29 is 14.3 Å². The molecule has 0 spiro atoms. The smallest absolute Gasteiger partial charge is 0.317 e. The number of ether oxygens (including phenoxy) is 2. The fourth-order valence-electron chi connectivity index (χ4n) is 4.05. The molecule has 1 saturated carbocycles. The molecule has 2 saturated heterocycles. The lowest BCUT2D eigenvalue weighted by Gasteiger charge is -2.24. The topological polar surface area (TPSA) is 66.9 Å². The molecule has 1 aliphatic carbocycles. The first kappa shape index (κ1) is 18.3. The molecule has 1 N–H and O–H groups in total. The molecule has 0 aromatic carbocycles. The highest BCUT2D eigenvalue weighted by molar-refractivity contribution is 5.75. The number of amides is 2. The van der Waals surface area contributed by atoms with Crippen molar-refractivity contribution in [2.24, 2.45) is 5.92 Å². The average molecular weight is 374 g/mol. The summed E-state index contributed by atoms with van der Waals surface area (Å²) in [5.74, 6) is 2.34. The maximum atomic E-state index is 12.6. The number of carbonyl (C=O) groups excluding carboxylic acids is 1. The zero-order chi connectivity index (χ0) is 18.6. The lowest BCUT2D eigenvalue weighted by Crippen LogP contribution is -2.47. The van der Waals surface area contributed by atoms with Gasteiger partial charge in [0.15, 0.2) is 11.6 Å². The van der Waals surface area contributed by atoms with Gasteiger partial charge in [-0.05, 0) is 43.7 Å². The van der Waals surface area contributed by atoms with Gasteiger partial charge in [0.1, 0.15) is 6.10 Å². The van der Waals surface area contributed by atoms with Gasteiger partial charge in [0.2, 0.25) is 0 Å². The maximum Gasteiger partial charge on any atom is 0.317 e. The summed E-state index contributed by atoms with van der Waals surface area (Å²) in [5.41, 5.74) is 0. The molecule has 148 valence electrons. The fraction of sp³-hybridized carbons (Fsp3) is 0.700. The van der Waals surface area contributed by atoms with Crippen LogP contribution >= 0.6 is 0 Å². The van der Waals surface area contributed by atoms with E-state index in [4.69, 9.17) is 9.47 Å². The summed E-state index contributed by atoms with van der Waals surface area (Å²) in [6, 6.07) is 4.04. The monoisotopic (exact) mass is 374 g/mol. The van der Waals surface area contributed by atoms with Crippen LogP contribution in [-0.2, 0) is 4.74 Å². The lowest BCUT2D eigenvalue weighted by atomic mass is 10.2. The first-order valence-electron chi connectivity index (χ1n) is 10.2. The number of aromatic nitrogens is 1. The van der Waals surface area contributed by atoms with Gasteiger partial charge < -0.3 is 24.6 Å². The Morgan fingerprint density at radius 1 is 1.30 bits per heavy atom. The number of nitrogens with one attached hydrogen (secondary N) is 1. The van der Waals surface area contributed by atoms with E-state index < -0.39 is 0 Å². The van der Waals surface area contributed by atoms with Crippen molar-refractivity contribution in [2.45, 2.75) is 44.2 Å². The second-order valence-corrected chi connectivity index (χ2v) is 7.84. The van der Waals surface area contributed by atoms with Crippen LogP contribution in [0.15, 0.2) is 18.3 Å². The van der Waals surface area contributed by atoms with Crippen molar-refractivity contribution in [2.75, 3.05) is 44.8 Å². The molecule has 0 radical (unpaired) electrons. The van der Waals surface area contributed by atoms with E-state index >= 15 is 0 Å². The van der Waals surface area contributed by atoms with Crippen LogP contribution in [0.25, 0.3) is 0 Å². The molecule has 2 amide bonds. The van der Waals surface area contributed by atoms with E-state index in [0.717, 1.165) is 37.6 Å². The van der Waals surface area contributed by atoms with E-state index in [1.54, 1.807) is 7.11 Å². The van der Waals surface area contributed by atoms with Crippen molar-refractivity contribution in [1.82, 2.24) is 15.2 Å². The number of nitrogens with zero attached hydrogens (tertiary/aromatic N) is 3. The highest BCUT2D eigenvalue weighted by Gasteiger charge is 2.35. The van der Waals surface area contributed by atoms with Gasteiger partial charge in [-0.15, -0.1) is 0 Å². The Bertz CT molecular complexity index is 646. The molecule has 4 rings (SSSR count). The van der Waals surface area contributed by atoms with Gasteiger partial charge in [0.05, 0.1) is 19.2 Å². The van der Waals surface area contributed by atoms with Crippen LogP contribution in [0.1, 0.15) is 32.1 Å². The van der Waals surface area contributed by atoms with Gasteiger partial charge in [0.25, 0.3) is 0 Å². The Morgan fingerprint density at radius 3 is 2.85 bits per heavy atom. The minimum Gasteiger partial charge on any atom is -0.485 e. The number of urea groups is 1. The van der Waals surface area contributed by atoms with Crippen molar-refractivity contribution >= 4 is 11.8 Å². The van der Waals surface area contributed by atoms with Crippen LogP contribution in [0.3, 0.4) is 0 Å². The molecular formula is C20H30N4O3. The summed E-state index contributed by atoms with van der Waals surface area (Å²) in [7, 11) is 1.69. The van der Waals surface area contributed by atoms with Crippen LogP contribution in [0.2, 0.25) is 0 Å². The third-order valence-electron chi connectivity index (χ3n) is 5.73. The van der Waals surface area contributed by atoms with Gasteiger partial charge >= 0.3 is 6.03 Å². The molecule has 3 aliphatic rings. The summed E-state index contributed by atoms with van der Waals surface area (Å²) in [5, 5.41) is 3.15. The normalized spacial score (nSPS) is 23.5. The van der Waals surface area contributed by atoms with E-state index in [0.29, 0.717) is 19.1 Å². The molecule has 1 aromatic heterocycles. The number of methoxy groups -OCH3 is 1. The Kier molecular flexibility index (Phi) is 5.66. The first-order valence-corrected chi connectivity index (χ1v) is 10.2.